The van der Waals surface area contributed by atoms with Gasteiger partial charge in [-0.15, -0.1) is 0 Å². The average Bonchev–Trinajstić information content (AvgIpc) is 2.42. The second-order valence-corrected chi connectivity index (χ2v) is 5.65. The Bertz CT molecular complexity index is 389. The van der Waals surface area contributed by atoms with Gasteiger partial charge in [-0.2, -0.15) is 0 Å². The van der Waals surface area contributed by atoms with E-state index < -0.39 is 0 Å². The van der Waals surface area contributed by atoms with Crippen LogP contribution in [0.2, 0.25) is 0 Å². The maximum Gasteiger partial charge on any atom is 0.119 e. The van der Waals surface area contributed by atoms with E-state index in [1.807, 2.05) is 6.07 Å². The van der Waals surface area contributed by atoms with Gasteiger partial charge in [-0.3, -0.25) is 4.90 Å². The van der Waals surface area contributed by atoms with E-state index in [1.54, 1.807) is 7.11 Å². The number of rotatable bonds is 4. The molecule has 1 aliphatic heterocycles. The zero-order valence-corrected chi connectivity index (χ0v) is 12.7. The fraction of sp³-hybridized carbons (Fsp3) is 0.571. The molecule has 0 unspecified atom stereocenters. The molecule has 1 saturated heterocycles. The molecule has 0 bridgehead atoms. The minimum atomic E-state index is 0.690. The first-order chi connectivity index (χ1) is 8.72. The molecule has 18 heavy (non-hydrogen) atoms. The van der Waals surface area contributed by atoms with Crippen LogP contribution >= 0.6 is 15.9 Å². The lowest BCUT2D eigenvalue weighted by Crippen LogP contribution is -2.40. The van der Waals surface area contributed by atoms with Gasteiger partial charge in [0.1, 0.15) is 5.75 Å². The van der Waals surface area contributed by atoms with E-state index in [9.17, 15) is 0 Å². The van der Waals surface area contributed by atoms with Crippen LogP contribution in [0.15, 0.2) is 22.7 Å². The number of methoxy groups -OCH3 is 1. The molecule has 1 N–H and O–H groups in total. The van der Waals surface area contributed by atoms with Crippen molar-refractivity contribution in [1.82, 2.24) is 10.2 Å². The summed E-state index contributed by atoms with van der Waals surface area (Å²) in [6.45, 7) is 3.32. The summed E-state index contributed by atoms with van der Waals surface area (Å²) in [6, 6.07) is 6.86. The number of piperidine rings is 1. The molecule has 2 rings (SSSR count). The Balaban J connectivity index is 1.97. The number of nitrogens with zero attached hydrogens (tertiary/aromatic N) is 1. The van der Waals surface area contributed by atoms with Crippen molar-refractivity contribution in [2.45, 2.75) is 25.4 Å². The monoisotopic (exact) mass is 312 g/mol. The normalized spacial score (nSPS) is 17.9. The number of likely N-dealkylation sites (tertiary alicyclic amines) is 1. The van der Waals surface area contributed by atoms with Crippen molar-refractivity contribution in [2.24, 2.45) is 0 Å². The third kappa shape index (κ3) is 3.46. The van der Waals surface area contributed by atoms with E-state index in [1.165, 1.54) is 22.9 Å². The number of benzene rings is 1. The molecule has 0 saturated carbocycles. The lowest BCUT2D eigenvalue weighted by atomic mass is 10.0. The molecule has 1 fully saturated rings. The highest BCUT2D eigenvalue weighted by atomic mass is 79.9. The quantitative estimate of drug-likeness (QED) is 0.925. The highest BCUT2D eigenvalue weighted by Gasteiger charge is 2.18. The van der Waals surface area contributed by atoms with Gasteiger partial charge in [0.2, 0.25) is 0 Å². The number of hydrogen-bond donors (Lipinski definition) is 1. The minimum Gasteiger partial charge on any atom is -0.497 e. The summed E-state index contributed by atoms with van der Waals surface area (Å²) >= 11 is 3.62. The SMILES string of the molecule is CNC1CCN(Cc2cc(OC)ccc2Br)CC1. The molecule has 0 amide bonds. The van der Waals surface area contributed by atoms with E-state index in [2.05, 4.69) is 45.3 Å². The summed E-state index contributed by atoms with van der Waals surface area (Å²) in [4.78, 5) is 2.51. The highest BCUT2D eigenvalue weighted by molar-refractivity contribution is 9.10. The lowest BCUT2D eigenvalue weighted by Gasteiger charge is -2.32. The largest absolute Gasteiger partial charge is 0.497 e. The Hall–Kier alpha value is -0.580. The van der Waals surface area contributed by atoms with E-state index in [0.29, 0.717) is 6.04 Å². The third-order valence-electron chi connectivity index (χ3n) is 3.64. The molecule has 0 aliphatic carbocycles. The summed E-state index contributed by atoms with van der Waals surface area (Å²) in [5.74, 6) is 0.929. The van der Waals surface area contributed by atoms with Crippen LogP contribution in [0.25, 0.3) is 0 Å². The van der Waals surface area contributed by atoms with E-state index >= 15 is 0 Å². The second kappa shape index (κ2) is 6.55. The first-order valence-corrected chi connectivity index (χ1v) is 7.24. The van der Waals surface area contributed by atoms with Crippen LogP contribution in [-0.2, 0) is 6.54 Å². The molecular formula is C14H21BrN2O. The molecule has 1 aliphatic rings. The van der Waals surface area contributed by atoms with Crippen molar-refractivity contribution in [3.63, 3.8) is 0 Å². The third-order valence-corrected chi connectivity index (χ3v) is 4.42. The standard InChI is InChI=1S/C14H21BrN2O/c1-16-12-5-7-17(8-6-12)10-11-9-13(18-2)3-4-14(11)15/h3-4,9,12,16H,5-8,10H2,1-2H3. The van der Waals surface area contributed by atoms with Crippen LogP contribution in [0.5, 0.6) is 5.75 Å². The van der Waals surface area contributed by atoms with Crippen LogP contribution in [-0.4, -0.2) is 38.2 Å². The summed E-state index contributed by atoms with van der Waals surface area (Å²) in [7, 11) is 3.77. The van der Waals surface area contributed by atoms with Gasteiger partial charge in [-0.05, 0) is 56.7 Å². The number of nitrogens with one attached hydrogen (secondary N) is 1. The van der Waals surface area contributed by atoms with Crippen molar-refractivity contribution in [1.29, 1.82) is 0 Å². The van der Waals surface area contributed by atoms with Gasteiger partial charge in [-0.25, -0.2) is 0 Å². The molecular weight excluding hydrogens is 292 g/mol. The van der Waals surface area contributed by atoms with Crippen LogP contribution in [0.1, 0.15) is 18.4 Å². The van der Waals surface area contributed by atoms with Gasteiger partial charge >= 0.3 is 0 Å². The van der Waals surface area contributed by atoms with Crippen LogP contribution < -0.4 is 10.1 Å². The summed E-state index contributed by atoms with van der Waals surface area (Å²) in [6.07, 6.45) is 2.47. The number of hydrogen-bond acceptors (Lipinski definition) is 3. The van der Waals surface area contributed by atoms with Crippen molar-refractivity contribution in [2.75, 3.05) is 27.2 Å². The first kappa shape index (κ1) is 13.8. The Morgan fingerprint density at radius 1 is 1.39 bits per heavy atom. The summed E-state index contributed by atoms with van der Waals surface area (Å²) < 4.78 is 6.45. The molecule has 4 heteroatoms. The smallest absolute Gasteiger partial charge is 0.119 e. The molecule has 100 valence electrons. The van der Waals surface area contributed by atoms with Gasteiger partial charge < -0.3 is 10.1 Å². The summed E-state index contributed by atoms with van der Waals surface area (Å²) in [5, 5.41) is 3.36. The molecule has 1 heterocycles. The van der Waals surface area contributed by atoms with Crippen molar-refractivity contribution in [3.05, 3.63) is 28.2 Å². The molecule has 0 radical (unpaired) electrons. The van der Waals surface area contributed by atoms with Gasteiger partial charge in [0.25, 0.3) is 0 Å². The predicted octanol–water partition coefficient (Wildman–Crippen LogP) is 2.64. The second-order valence-electron chi connectivity index (χ2n) is 4.80. The Kier molecular flexibility index (Phi) is 5.03. The molecule has 0 aromatic heterocycles. The number of halogens is 1. The topological polar surface area (TPSA) is 24.5 Å². The summed E-state index contributed by atoms with van der Waals surface area (Å²) in [5.41, 5.74) is 1.30. The fourth-order valence-corrected chi connectivity index (χ4v) is 2.79. The zero-order valence-electron chi connectivity index (χ0n) is 11.1. The Morgan fingerprint density at radius 3 is 2.72 bits per heavy atom. The fourth-order valence-electron chi connectivity index (χ4n) is 2.42. The zero-order chi connectivity index (χ0) is 13.0. The highest BCUT2D eigenvalue weighted by Crippen LogP contribution is 2.24. The van der Waals surface area contributed by atoms with E-state index in [-0.39, 0.29) is 0 Å². The van der Waals surface area contributed by atoms with Crippen molar-refractivity contribution < 1.29 is 4.74 Å². The molecule has 1 aromatic carbocycles. The van der Waals surface area contributed by atoms with E-state index in [4.69, 9.17) is 4.74 Å². The van der Waals surface area contributed by atoms with Crippen LogP contribution in [0.4, 0.5) is 0 Å². The van der Waals surface area contributed by atoms with Crippen molar-refractivity contribution >= 4 is 15.9 Å². The van der Waals surface area contributed by atoms with Crippen LogP contribution in [0, 0.1) is 0 Å². The number of ether oxygens (including phenoxy) is 1. The maximum absolute atomic E-state index is 5.28. The Morgan fingerprint density at radius 2 is 2.11 bits per heavy atom. The van der Waals surface area contributed by atoms with Gasteiger partial charge in [-0.1, -0.05) is 15.9 Å². The molecule has 1 aromatic rings. The molecule has 0 atom stereocenters. The van der Waals surface area contributed by atoms with Gasteiger partial charge in [0.05, 0.1) is 7.11 Å². The first-order valence-electron chi connectivity index (χ1n) is 6.45. The molecule has 0 spiro atoms. The molecule has 3 nitrogen and oxygen atoms in total. The van der Waals surface area contributed by atoms with Crippen molar-refractivity contribution in [3.8, 4) is 5.75 Å². The van der Waals surface area contributed by atoms with Gasteiger partial charge in [0, 0.05) is 17.1 Å². The minimum absolute atomic E-state index is 0.690. The van der Waals surface area contributed by atoms with E-state index in [0.717, 1.165) is 25.4 Å². The maximum atomic E-state index is 5.28. The Labute approximate surface area is 118 Å². The lowest BCUT2D eigenvalue weighted by molar-refractivity contribution is 0.194. The van der Waals surface area contributed by atoms with Gasteiger partial charge in [0.15, 0.2) is 0 Å². The average molecular weight is 313 g/mol. The van der Waals surface area contributed by atoms with Crippen LogP contribution in [0.3, 0.4) is 0 Å². The predicted molar refractivity (Wildman–Crippen MR) is 78.1 cm³/mol.